The van der Waals surface area contributed by atoms with Crippen molar-refractivity contribution < 1.29 is 9.47 Å². The molecule has 60 valence electrons. The van der Waals surface area contributed by atoms with Crippen LogP contribution in [0.4, 0.5) is 0 Å². The van der Waals surface area contributed by atoms with Crippen LogP contribution in [0.2, 0.25) is 0 Å². The van der Waals surface area contributed by atoms with Crippen LogP contribution in [-0.4, -0.2) is 32.6 Å². The van der Waals surface area contributed by atoms with Crippen molar-refractivity contribution in [3.63, 3.8) is 0 Å². The van der Waals surface area contributed by atoms with Crippen molar-refractivity contribution >= 4 is 0 Å². The van der Waals surface area contributed by atoms with Crippen LogP contribution in [0, 0.1) is 0 Å². The van der Waals surface area contributed by atoms with Gasteiger partial charge >= 0.3 is 0 Å². The van der Waals surface area contributed by atoms with Crippen molar-refractivity contribution in [1.82, 2.24) is 5.32 Å². The van der Waals surface area contributed by atoms with Gasteiger partial charge in [-0.2, -0.15) is 0 Å². The maximum Gasteiger partial charge on any atom is 0.159 e. The highest BCUT2D eigenvalue weighted by molar-refractivity contribution is 4.62. The molecule has 1 heterocycles. The van der Waals surface area contributed by atoms with Gasteiger partial charge in [0, 0.05) is 12.5 Å². The fraction of sp³-hybridized carbons (Fsp3) is 1.00. The summed E-state index contributed by atoms with van der Waals surface area (Å²) in [4.78, 5) is 0. The Morgan fingerprint density at radius 2 is 2.10 bits per heavy atom. The van der Waals surface area contributed by atoms with E-state index in [1.54, 1.807) is 0 Å². The molecule has 1 rings (SSSR count). The predicted octanol–water partition coefficient (Wildman–Crippen LogP) is 0.357. The molecule has 0 aromatic carbocycles. The van der Waals surface area contributed by atoms with E-state index < -0.39 is 0 Å². The Balaban J connectivity index is 2.11. The average molecular weight is 145 g/mol. The van der Waals surface area contributed by atoms with Gasteiger partial charge in [-0.1, -0.05) is 0 Å². The second-order valence-electron chi connectivity index (χ2n) is 2.60. The third-order valence-electron chi connectivity index (χ3n) is 1.73. The molecule has 0 aromatic rings. The smallest absolute Gasteiger partial charge is 0.159 e. The molecule has 0 aromatic heterocycles. The Bertz CT molecular complexity index is 91.6. The molecular formula is C7H15NO2. The Hall–Kier alpha value is -0.120. The SMILES string of the molecule is CNC(C)CC1OCCO1. The largest absolute Gasteiger partial charge is 0.350 e. The Morgan fingerprint density at radius 1 is 1.50 bits per heavy atom. The van der Waals surface area contributed by atoms with Crippen LogP contribution in [0.25, 0.3) is 0 Å². The summed E-state index contributed by atoms with van der Waals surface area (Å²) in [5, 5.41) is 3.13. The Kier molecular flexibility index (Phi) is 3.12. The molecule has 0 saturated carbocycles. The minimum atomic E-state index is 0.0300. The van der Waals surface area contributed by atoms with Crippen molar-refractivity contribution in [2.75, 3.05) is 20.3 Å². The van der Waals surface area contributed by atoms with E-state index in [1.165, 1.54) is 0 Å². The highest BCUT2D eigenvalue weighted by Gasteiger charge is 2.17. The first-order valence-corrected chi connectivity index (χ1v) is 3.73. The van der Waals surface area contributed by atoms with Gasteiger partial charge in [0.15, 0.2) is 6.29 Å². The third-order valence-corrected chi connectivity index (χ3v) is 1.73. The number of nitrogens with one attached hydrogen (secondary N) is 1. The summed E-state index contributed by atoms with van der Waals surface area (Å²) >= 11 is 0. The number of rotatable bonds is 3. The zero-order chi connectivity index (χ0) is 7.40. The number of hydrogen-bond acceptors (Lipinski definition) is 3. The lowest BCUT2D eigenvalue weighted by molar-refractivity contribution is -0.0512. The van der Waals surface area contributed by atoms with Gasteiger partial charge in [-0.25, -0.2) is 0 Å². The molecule has 0 radical (unpaired) electrons. The first-order chi connectivity index (χ1) is 4.83. The lowest BCUT2D eigenvalue weighted by Gasteiger charge is -2.13. The van der Waals surface area contributed by atoms with Gasteiger partial charge in [-0.3, -0.25) is 0 Å². The quantitative estimate of drug-likeness (QED) is 0.622. The summed E-state index contributed by atoms with van der Waals surface area (Å²) in [5.41, 5.74) is 0. The van der Waals surface area contributed by atoms with E-state index in [-0.39, 0.29) is 6.29 Å². The first-order valence-electron chi connectivity index (χ1n) is 3.73. The van der Waals surface area contributed by atoms with E-state index in [2.05, 4.69) is 12.2 Å². The molecule has 1 aliphatic heterocycles. The van der Waals surface area contributed by atoms with Crippen LogP contribution in [-0.2, 0) is 9.47 Å². The summed E-state index contributed by atoms with van der Waals surface area (Å²) in [6, 6.07) is 0.475. The standard InChI is InChI=1S/C7H15NO2/c1-6(8-2)5-7-9-3-4-10-7/h6-8H,3-5H2,1-2H3. The molecule has 3 heteroatoms. The maximum atomic E-state index is 5.26. The third kappa shape index (κ3) is 2.25. The molecule has 1 N–H and O–H groups in total. The van der Waals surface area contributed by atoms with Crippen molar-refractivity contribution in [3.8, 4) is 0 Å². The van der Waals surface area contributed by atoms with Crippen LogP contribution in [0.15, 0.2) is 0 Å². The van der Waals surface area contributed by atoms with E-state index in [9.17, 15) is 0 Å². The predicted molar refractivity (Wildman–Crippen MR) is 38.8 cm³/mol. The number of ether oxygens (including phenoxy) is 2. The summed E-state index contributed by atoms with van der Waals surface area (Å²) in [7, 11) is 1.94. The van der Waals surface area contributed by atoms with Crippen LogP contribution in [0.1, 0.15) is 13.3 Å². The average Bonchev–Trinajstić information content (AvgIpc) is 2.40. The van der Waals surface area contributed by atoms with Gasteiger partial charge < -0.3 is 14.8 Å². The second kappa shape index (κ2) is 3.91. The Morgan fingerprint density at radius 3 is 2.60 bits per heavy atom. The summed E-state index contributed by atoms with van der Waals surface area (Å²) < 4.78 is 10.5. The fourth-order valence-corrected chi connectivity index (χ4v) is 0.950. The normalized spacial score (nSPS) is 23.4. The molecule has 1 atom stereocenters. The van der Waals surface area contributed by atoms with E-state index in [0.717, 1.165) is 19.6 Å². The summed E-state index contributed by atoms with van der Waals surface area (Å²) in [6.07, 6.45) is 0.971. The number of hydrogen-bond donors (Lipinski definition) is 1. The molecule has 0 spiro atoms. The molecule has 1 fully saturated rings. The van der Waals surface area contributed by atoms with Crippen molar-refractivity contribution in [2.45, 2.75) is 25.7 Å². The van der Waals surface area contributed by atoms with E-state index >= 15 is 0 Å². The van der Waals surface area contributed by atoms with Crippen LogP contribution in [0.3, 0.4) is 0 Å². The second-order valence-corrected chi connectivity index (χ2v) is 2.60. The van der Waals surface area contributed by atoms with Gasteiger partial charge in [0.05, 0.1) is 13.2 Å². The van der Waals surface area contributed by atoms with Crippen LogP contribution < -0.4 is 5.32 Å². The molecular weight excluding hydrogens is 130 g/mol. The molecule has 0 amide bonds. The molecule has 1 aliphatic rings. The highest BCUT2D eigenvalue weighted by Crippen LogP contribution is 2.09. The van der Waals surface area contributed by atoms with Gasteiger partial charge in [0.1, 0.15) is 0 Å². The van der Waals surface area contributed by atoms with Gasteiger partial charge in [0.25, 0.3) is 0 Å². The van der Waals surface area contributed by atoms with E-state index in [4.69, 9.17) is 9.47 Å². The van der Waals surface area contributed by atoms with Gasteiger partial charge in [-0.15, -0.1) is 0 Å². The zero-order valence-electron chi connectivity index (χ0n) is 6.59. The topological polar surface area (TPSA) is 30.5 Å². The van der Waals surface area contributed by atoms with Gasteiger partial charge in [0.2, 0.25) is 0 Å². The lowest BCUT2D eigenvalue weighted by atomic mass is 10.2. The van der Waals surface area contributed by atoms with E-state index in [1.807, 2.05) is 7.05 Å². The Labute approximate surface area is 61.7 Å². The molecule has 3 nitrogen and oxygen atoms in total. The fourth-order valence-electron chi connectivity index (χ4n) is 0.950. The van der Waals surface area contributed by atoms with Crippen molar-refractivity contribution in [2.24, 2.45) is 0 Å². The highest BCUT2D eigenvalue weighted by atomic mass is 16.7. The molecule has 0 bridgehead atoms. The zero-order valence-corrected chi connectivity index (χ0v) is 6.59. The molecule has 1 unspecified atom stereocenters. The van der Waals surface area contributed by atoms with E-state index in [0.29, 0.717) is 6.04 Å². The minimum Gasteiger partial charge on any atom is -0.350 e. The molecule has 0 aliphatic carbocycles. The molecule has 10 heavy (non-hydrogen) atoms. The molecule has 1 saturated heterocycles. The van der Waals surface area contributed by atoms with Crippen molar-refractivity contribution in [1.29, 1.82) is 0 Å². The first kappa shape index (κ1) is 7.98. The lowest BCUT2D eigenvalue weighted by Crippen LogP contribution is -2.27. The van der Waals surface area contributed by atoms with Crippen LogP contribution in [0.5, 0.6) is 0 Å². The summed E-state index contributed by atoms with van der Waals surface area (Å²) in [6.45, 7) is 3.62. The van der Waals surface area contributed by atoms with Crippen molar-refractivity contribution in [3.05, 3.63) is 0 Å². The maximum absolute atomic E-state index is 5.26. The minimum absolute atomic E-state index is 0.0300. The van der Waals surface area contributed by atoms with Crippen LogP contribution >= 0.6 is 0 Å². The van der Waals surface area contributed by atoms with Gasteiger partial charge in [-0.05, 0) is 14.0 Å². The summed E-state index contributed by atoms with van der Waals surface area (Å²) in [5.74, 6) is 0. The monoisotopic (exact) mass is 145 g/mol.